The van der Waals surface area contributed by atoms with Crippen molar-refractivity contribution in [2.45, 2.75) is 26.4 Å². The van der Waals surface area contributed by atoms with Gasteiger partial charge in [-0.1, -0.05) is 6.92 Å². The van der Waals surface area contributed by atoms with Gasteiger partial charge in [0.25, 0.3) is 0 Å². The number of nitrogens with zero attached hydrogens (tertiary/aromatic N) is 3. The maximum absolute atomic E-state index is 4.54. The molecule has 0 spiro atoms. The number of likely N-dealkylation sites (N-methyl/N-ethyl adjacent to an activating group) is 1. The predicted molar refractivity (Wildman–Crippen MR) is 93.1 cm³/mol. The van der Waals surface area contributed by atoms with Crippen molar-refractivity contribution in [3.05, 3.63) is 38.3 Å². The third kappa shape index (κ3) is 3.94. The van der Waals surface area contributed by atoms with Gasteiger partial charge >= 0.3 is 0 Å². The first-order chi connectivity index (χ1) is 10.0. The van der Waals surface area contributed by atoms with Crippen LogP contribution in [0.25, 0.3) is 0 Å². The van der Waals surface area contributed by atoms with Gasteiger partial charge < -0.3 is 10.2 Å². The van der Waals surface area contributed by atoms with Crippen LogP contribution in [0.3, 0.4) is 0 Å². The number of rotatable bonds is 7. The minimum atomic E-state index is 0.189. The van der Waals surface area contributed by atoms with Crippen LogP contribution in [0.5, 0.6) is 0 Å². The second-order valence-corrected chi connectivity index (χ2v) is 7.16. The Balaban J connectivity index is 2.36. The Bertz CT molecular complexity index is 576. The van der Waals surface area contributed by atoms with Crippen LogP contribution >= 0.6 is 27.3 Å². The molecular formula is C15H23BrN4S. The summed E-state index contributed by atoms with van der Waals surface area (Å²) >= 11 is 5.48. The molecular weight excluding hydrogens is 348 g/mol. The van der Waals surface area contributed by atoms with Crippen LogP contribution in [0, 0.1) is 6.92 Å². The van der Waals surface area contributed by atoms with Crippen molar-refractivity contribution in [1.82, 2.24) is 20.0 Å². The monoisotopic (exact) mass is 370 g/mol. The van der Waals surface area contributed by atoms with E-state index in [1.54, 1.807) is 11.3 Å². The molecule has 6 heteroatoms. The summed E-state index contributed by atoms with van der Waals surface area (Å²) in [5, 5.41) is 10.3. The maximum Gasteiger partial charge on any atom is 0.0856 e. The summed E-state index contributed by atoms with van der Waals surface area (Å²) in [5.41, 5.74) is 2.54. The normalized spacial score (nSPS) is 13.0. The van der Waals surface area contributed by atoms with E-state index in [2.05, 4.69) is 75.3 Å². The fourth-order valence-corrected chi connectivity index (χ4v) is 3.86. The number of aromatic nitrogens is 2. The Morgan fingerprint density at radius 2 is 2.24 bits per heavy atom. The van der Waals surface area contributed by atoms with Crippen LogP contribution < -0.4 is 5.32 Å². The number of hydrogen-bond acceptors (Lipinski definition) is 4. The molecule has 0 fully saturated rings. The highest BCUT2D eigenvalue weighted by molar-refractivity contribution is 9.10. The van der Waals surface area contributed by atoms with Gasteiger partial charge in [0.2, 0.25) is 0 Å². The van der Waals surface area contributed by atoms with Crippen molar-refractivity contribution in [2.75, 3.05) is 27.2 Å². The predicted octanol–water partition coefficient (Wildman–Crippen LogP) is 3.28. The molecule has 21 heavy (non-hydrogen) atoms. The molecule has 2 heterocycles. The second kappa shape index (κ2) is 7.54. The Morgan fingerprint density at radius 1 is 1.48 bits per heavy atom. The van der Waals surface area contributed by atoms with E-state index in [0.717, 1.165) is 24.1 Å². The average Bonchev–Trinajstić information content (AvgIpc) is 3.00. The van der Waals surface area contributed by atoms with Crippen molar-refractivity contribution in [2.24, 2.45) is 0 Å². The highest BCUT2D eigenvalue weighted by Crippen LogP contribution is 2.33. The Labute approximate surface area is 139 Å². The zero-order valence-electron chi connectivity index (χ0n) is 13.1. The quantitative estimate of drug-likeness (QED) is 0.811. The van der Waals surface area contributed by atoms with E-state index in [0.29, 0.717) is 0 Å². The first kappa shape index (κ1) is 16.7. The van der Waals surface area contributed by atoms with Gasteiger partial charge in [0.05, 0.1) is 29.0 Å². The van der Waals surface area contributed by atoms with Crippen LogP contribution in [-0.4, -0.2) is 41.9 Å². The van der Waals surface area contributed by atoms with Crippen molar-refractivity contribution < 1.29 is 0 Å². The van der Waals surface area contributed by atoms with E-state index < -0.39 is 0 Å². The molecule has 0 bridgehead atoms. The van der Waals surface area contributed by atoms with E-state index >= 15 is 0 Å². The topological polar surface area (TPSA) is 33.1 Å². The van der Waals surface area contributed by atoms with Gasteiger partial charge in [-0.3, -0.25) is 4.68 Å². The largest absolute Gasteiger partial charge is 0.308 e. The molecule has 2 aromatic rings. The average molecular weight is 371 g/mol. The van der Waals surface area contributed by atoms with Gasteiger partial charge in [-0.2, -0.15) is 5.10 Å². The Kier molecular flexibility index (Phi) is 5.98. The minimum Gasteiger partial charge on any atom is -0.308 e. The van der Waals surface area contributed by atoms with Crippen LogP contribution in [0.2, 0.25) is 0 Å². The standard InChI is InChI=1S/C15H23BrN4S/c1-5-17-13(15-11(2)6-9-21-15)14-12(16)10-18-20(14)8-7-19(3)4/h6,9-10,13,17H,5,7-8H2,1-4H3. The molecule has 2 rings (SSSR count). The van der Waals surface area contributed by atoms with E-state index in [4.69, 9.17) is 0 Å². The molecule has 0 amide bonds. The summed E-state index contributed by atoms with van der Waals surface area (Å²) in [6.45, 7) is 7.10. The van der Waals surface area contributed by atoms with Gasteiger partial charge in [-0.15, -0.1) is 11.3 Å². The molecule has 4 nitrogen and oxygen atoms in total. The van der Waals surface area contributed by atoms with Gasteiger partial charge in [-0.25, -0.2) is 0 Å². The fraction of sp³-hybridized carbons (Fsp3) is 0.533. The third-order valence-corrected chi connectivity index (χ3v) is 5.13. The van der Waals surface area contributed by atoms with E-state index in [9.17, 15) is 0 Å². The second-order valence-electron chi connectivity index (χ2n) is 5.36. The third-order valence-electron chi connectivity index (χ3n) is 3.44. The summed E-state index contributed by atoms with van der Waals surface area (Å²) in [7, 11) is 4.17. The summed E-state index contributed by atoms with van der Waals surface area (Å²) in [5.74, 6) is 0. The van der Waals surface area contributed by atoms with Crippen molar-refractivity contribution in [1.29, 1.82) is 0 Å². The maximum atomic E-state index is 4.54. The summed E-state index contributed by atoms with van der Waals surface area (Å²) in [6.07, 6.45) is 1.90. The summed E-state index contributed by atoms with van der Waals surface area (Å²) in [4.78, 5) is 3.54. The van der Waals surface area contributed by atoms with Crippen molar-refractivity contribution in [3.63, 3.8) is 0 Å². The number of hydrogen-bond donors (Lipinski definition) is 1. The first-order valence-corrected chi connectivity index (χ1v) is 8.85. The van der Waals surface area contributed by atoms with Crippen LogP contribution in [0.15, 0.2) is 22.1 Å². The highest BCUT2D eigenvalue weighted by Gasteiger charge is 2.23. The SMILES string of the molecule is CCNC(c1sccc1C)c1c(Br)cnn1CCN(C)C. The fourth-order valence-electron chi connectivity index (χ4n) is 2.33. The van der Waals surface area contributed by atoms with Crippen LogP contribution in [0.4, 0.5) is 0 Å². The molecule has 116 valence electrons. The van der Waals surface area contributed by atoms with E-state index in [-0.39, 0.29) is 6.04 Å². The number of nitrogens with one attached hydrogen (secondary N) is 1. The molecule has 0 saturated heterocycles. The smallest absolute Gasteiger partial charge is 0.0856 e. The molecule has 0 aromatic carbocycles. The lowest BCUT2D eigenvalue weighted by Gasteiger charge is -2.21. The van der Waals surface area contributed by atoms with Crippen LogP contribution in [0.1, 0.15) is 29.1 Å². The van der Waals surface area contributed by atoms with Crippen molar-refractivity contribution in [3.8, 4) is 0 Å². The summed E-state index contributed by atoms with van der Waals surface area (Å²) in [6, 6.07) is 2.37. The Morgan fingerprint density at radius 3 is 2.81 bits per heavy atom. The zero-order chi connectivity index (χ0) is 15.4. The van der Waals surface area contributed by atoms with Crippen LogP contribution in [-0.2, 0) is 6.54 Å². The molecule has 0 aliphatic heterocycles. The number of halogens is 1. The molecule has 0 saturated carbocycles. The minimum absolute atomic E-state index is 0.189. The van der Waals surface area contributed by atoms with E-state index in [1.807, 2.05) is 6.20 Å². The molecule has 0 aliphatic carbocycles. The number of thiophene rings is 1. The first-order valence-electron chi connectivity index (χ1n) is 7.17. The van der Waals surface area contributed by atoms with Gasteiger partial charge in [0.15, 0.2) is 0 Å². The van der Waals surface area contributed by atoms with Gasteiger partial charge in [0, 0.05) is 11.4 Å². The molecule has 1 atom stereocenters. The van der Waals surface area contributed by atoms with Crippen molar-refractivity contribution >= 4 is 27.3 Å². The number of aryl methyl sites for hydroxylation is 1. The zero-order valence-corrected chi connectivity index (χ0v) is 15.5. The lowest BCUT2D eigenvalue weighted by atomic mass is 10.1. The van der Waals surface area contributed by atoms with Gasteiger partial charge in [0.1, 0.15) is 0 Å². The molecule has 1 N–H and O–H groups in total. The lowest BCUT2D eigenvalue weighted by Crippen LogP contribution is -2.27. The van der Waals surface area contributed by atoms with Gasteiger partial charge in [-0.05, 0) is 60.5 Å². The summed E-state index contributed by atoms with van der Waals surface area (Å²) < 4.78 is 3.18. The molecule has 0 radical (unpaired) electrons. The highest BCUT2D eigenvalue weighted by atomic mass is 79.9. The molecule has 0 aliphatic rings. The lowest BCUT2D eigenvalue weighted by molar-refractivity contribution is 0.365. The molecule has 2 aromatic heterocycles. The van der Waals surface area contributed by atoms with E-state index in [1.165, 1.54) is 16.1 Å². The molecule has 1 unspecified atom stereocenters. The Hall–Kier alpha value is -0.690.